The molecular formula is C17H24Cl2N2O3. The molecule has 0 aromatic heterocycles. The predicted molar refractivity (Wildman–Crippen MR) is 98.0 cm³/mol. The molecule has 134 valence electrons. The van der Waals surface area contributed by atoms with Crippen molar-refractivity contribution in [2.45, 2.75) is 33.3 Å². The second-order valence-corrected chi connectivity index (χ2v) is 7.48. The van der Waals surface area contributed by atoms with E-state index < -0.39 is 11.7 Å². The number of hydrogen-bond donors (Lipinski definition) is 1. The summed E-state index contributed by atoms with van der Waals surface area (Å²) in [6.07, 6.45) is 0.208. The maximum atomic E-state index is 12.1. The van der Waals surface area contributed by atoms with Crippen molar-refractivity contribution < 1.29 is 14.3 Å². The molecule has 7 heteroatoms. The zero-order chi connectivity index (χ0) is 18.3. The summed E-state index contributed by atoms with van der Waals surface area (Å²) in [6, 6.07) is 5.29. The summed E-state index contributed by atoms with van der Waals surface area (Å²) in [5, 5.41) is 4.21. The summed E-state index contributed by atoms with van der Waals surface area (Å²) >= 11 is 11.9. The number of carbonyl (C=O) groups excluding carboxylic acids is 2. The van der Waals surface area contributed by atoms with Crippen LogP contribution in [0.1, 0.15) is 27.7 Å². The third-order valence-electron chi connectivity index (χ3n) is 3.05. The summed E-state index contributed by atoms with van der Waals surface area (Å²) < 4.78 is 5.32. The second-order valence-electron chi connectivity index (χ2n) is 6.67. The van der Waals surface area contributed by atoms with Crippen LogP contribution >= 0.6 is 23.2 Å². The molecule has 0 aliphatic heterocycles. The quantitative estimate of drug-likeness (QED) is 0.714. The van der Waals surface area contributed by atoms with Crippen LogP contribution in [-0.4, -0.2) is 42.5 Å². The van der Waals surface area contributed by atoms with Gasteiger partial charge in [0.1, 0.15) is 11.9 Å². The highest BCUT2D eigenvalue weighted by Crippen LogP contribution is 2.25. The fourth-order valence-corrected chi connectivity index (χ4v) is 2.28. The molecule has 0 spiro atoms. The van der Waals surface area contributed by atoms with Crippen molar-refractivity contribution in [2.24, 2.45) is 5.92 Å². The van der Waals surface area contributed by atoms with Gasteiger partial charge >= 0.3 is 6.09 Å². The number of anilines is 1. The molecule has 1 amide bonds. The molecule has 0 fully saturated rings. The standard InChI is InChI=1S/C17H24Cl2N2O3/c1-12(10-20-13-5-6-14(18)15(19)9-13)11-21(7-8-22)16(23)24-17(2,3)4/h5-6,8-9,12,20H,7,10-11H2,1-4H3. The number of nitrogens with one attached hydrogen (secondary N) is 1. The summed E-state index contributed by atoms with van der Waals surface area (Å²) in [5.74, 6) is 0.104. The Balaban J connectivity index is 2.58. The molecular weight excluding hydrogens is 351 g/mol. The van der Waals surface area contributed by atoms with Gasteiger partial charge in [0.2, 0.25) is 0 Å². The second kappa shape index (κ2) is 9.14. The number of aldehydes is 1. The number of amides is 1. The minimum Gasteiger partial charge on any atom is -0.444 e. The number of carbonyl (C=O) groups is 2. The third-order valence-corrected chi connectivity index (χ3v) is 3.79. The Morgan fingerprint density at radius 1 is 1.33 bits per heavy atom. The van der Waals surface area contributed by atoms with Crippen molar-refractivity contribution in [3.63, 3.8) is 0 Å². The molecule has 1 N–H and O–H groups in total. The Hall–Kier alpha value is -1.46. The summed E-state index contributed by atoms with van der Waals surface area (Å²) in [5.41, 5.74) is 0.246. The molecule has 0 heterocycles. The van der Waals surface area contributed by atoms with Crippen LogP contribution in [0.3, 0.4) is 0 Å². The Bertz CT molecular complexity index is 573. The maximum Gasteiger partial charge on any atom is 0.410 e. The van der Waals surface area contributed by atoms with Crippen molar-refractivity contribution in [1.82, 2.24) is 4.90 Å². The van der Waals surface area contributed by atoms with Crippen LogP contribution < -0.4 is 5.32 Å². The Kier molecular flexibility index (Phi) is 7.84. The number of ether oxygens (including phenoxy) is 1. The van der Waals surface area contributed by atoms with Gasteiger partial charge in [-0.05, 0) is 44.9 Å². The smallest absolute Gasteiger partial charge is 0.410 e. The van der Waals surface area contributed by atoms with Crippen molar-refractivity contribution >= 4 is 41.3 Å². The molecule has 24 heavy (non-hydrogen) atoms. The van der Waals surface area contributed by atoms with Crippen molar-refractivity contribution in [2.75, 3.05) is 25.0 Å². The van der Waals surface area contributed by atoms with Gasteiger partial charge < -0.3 is 19.7 Å². The average molecular weight is 375 g/mol. The van der Waals surface area contributed by atoms with Crippen LogP contribution in [0.4, 0.5) is 10.5 Å². The van der Waals surface area contributed by atoms with E-state index in [2.05, 4.69) is 5.32 Å². The van der Waals surface area contributed by atoms with Crippen LogP contribution in [0.15, 0.2) is 18.2 Å². The number of hydrogen-bond acceptors (Lipinski definition) is 4. The van der Waals surface area contributed by atoms with Gasteiger partial charge in [-0.15, -0.1) is 0 Å². The Labute approximate surface area is 153 Å². The first-order valence-corrected chi connectivity index (χ1v) is 8.48. The average Bonchev–Trinajstić information content (AvgIpc) is 2.46. The molecule has 0 aliphatic rings. The van der Waals surface area contributed by atoms with E-state index in [0.717, 1.165) is 5.69 Å². The highest BCUT2D eigenvalue weighted by molar-refractivity contribution is 6.42. The van der Waals surface area contributed by atoms with E-state index in [-0.39, 0.29) is 12.5 Å². The van der Waals surface area contributed by atoms with Gasteiger partial charge in [-0.3, -0.25) is 0 Å². The summed E-state index contributed by atoms with van der Waals surface area (Å²) in [7, 11) is 0. The van der Waals surface area contributed by atoms with Crippen LogP contribution in [-0.2, 0) is 9.53 Å². The van der Waals surface area contributed by atoms with Crippen LogP contribution in [0, 0.1) is 5.92 Å². The van der Waals surface area contributed by atoms with E-state index >= 15 is 0 Å². The van der Waals surface area contributed by atoms with E-state index in [1.165, 1.54) is 4.90 Å². The van der Waals surface area contributed by atoms with Gasteiger partial charge in [-0.25, -0.2) is 4.79 Å². The summed E-state index contributed by atoms with van der Waals surface area (Å²) in [6.45, 7) is 8.37. The molecule has 1 rings (SSSR count). The molecule has 0 saturated carbocycles. The first-order chi connectivity index (χ1) is 11.1. The first kappa shape index (κ1) is 20.6. The zero-order valence-electron chi connectivity index (χ0n) is 14.4. The lowest BCUT2D eigenvalue weighted by Gasteiger charge is -2.28. The molecule has 0 bridgehead atoms. The molecule has 0 radical (unpaired) electrons. The highest BCUT2D eigenvalue weighted by Gasteiger charge is 2.23. The van der Waals surface area contributed by atoms with E-state index in [4.69, 9.17) is 27.9 Å². The van der Waals surface area contributed by atoms with E-state index in [0.29, 0.717) is 29.4 Å². The maximum absolute atomic E-state index is 12.1. The van der Waals surface area contributed by atoms with Gasteiger partial charge in [0.25, 0.3) is 0 Å². The topological polar surface area (TPSA) is 58.6 Å². The van der Waals surface area contributed by atoms with Gasteiger partial charge in [0, 0.05) is 18.8 Å². The van der Waals surface area contributed by atoms with Crippen molar-refractivity contribution in [3.05, 3.63) is 28.2 Å². The number of nitrogens with zero attached hydrogens (tertiary/aromatic N) is 1. The molecule has 1 aromatic carbocycles. The lowest BCUT2D eigenvalue weighted by molar-refractivity contribution is -0.109. The number of rotatable bonds is 7. The van der Waals surface area contributed by atoms with Crippen LogP contribution in [0.5, 0.6) is 0 Å². The number of halogens is 2. The zero-order valence-corrected chi connectivity index (χ0v) is 15.9. The Morgan fingerprint density at radius 3 is 2.54 bits per heavy atom. The van der Waals surface area contributed by atoms with E-state index in [9.17, 15) is 9.59 Å². The summed E-state index contributed by atoms with van der Waals surface area (Å²) in [4.78, 5) is 24.4. The first-order valence-electron chi connectivity index (χ1n) is 7.73. The lowest BCUT2D eigenvalue weighted by atomic mass is 10.1. The van der Waals surface area contributed by atoms with E-state index in [1.54, 1.807) is 32.9 Å². The van der Waals surface area contributed by atoms with Gasteiger partial charge in [0.05, 0.1) is 16.6 Å². The normalized spacial score (nSPS) is 12.4. The molecule has 0 aliphatic carbocycles. The largest absolute Gasteiger partial charge is 0.444 e. The lowest BCUT2D eigenvalue weighted by Crippen LogP contribution is -2.41. The van der Waals surface area contributed by atoms with E-state index in [1.807, 2.05) is 13.0 Å². The van der Waals surface area contributed by atoms with Crippen LogP contribution in [0.25, 0.3) is 0 Å². The fourth-order valence-electron chi connectivity index (χ4n) is 1.98. The van der Waals surface area contributed by atoms with Gasteiger partial charge in [-0.2, -0.15) is 0 Å². The minimum atomic E-state index is -0.597. The van der Waals surface area contributed by atoms with Gasteiger partial charge in [-0.1, -0.05) is 30.1 Å². The fraction of sp³-hybridized carbons (Fsp3) is 0.529. The molecule has 1 atom stereocenters. The predicted octanol–water partition coefficient (Wildman–Crippen LogP) is 4.48. The Morgan fingerprint density at radius 2 is 2.00 bits per heavy atom. The third kappa shape index (κ3) is 7.41. The SMILES string of the molecule is CC(CNc1ccc(Cl)c(Cl)c1)CN(CC=O)C(=O)OC(C)(C)C. The highest BCUT2D eigenvalue weighted by atomic mass is 35.5. The van der Waals surface area contributed by atoms with Crippen molar-refractivity contribution in [1.29, 1.82) is 0 Å². The number of benzene rings is 1. The molecule has 1 aromatic rings. The molecule has 1 unspecified atom stereocenters. The van der Waals surface area contributed by atoms with Gasteiger partial charge in [0.15, 0.2) is 0 Å². The molecule has 0 saturated heterocycles. The van der Waals surface area contributed by atoms with Crippen molar-refractivity contribution in [3.8, 4) is 0 Å². The minimum absolute atomic E-state index is 0.00598. The van der Waals surface area contributed by atoms with Crippen LogP contribution in [0.2, 0.25) is 10.0 Å². The monoisotopic (exact) mass is 374 g/mol. The molecule has 5 nitrogen and oxygen atoms in total.